The summed E-state index contributed by atoms with van der Waals surface area (Å²) in [5.41, 5.74) is 9.93. The van der Waals surface area contributed by atoms with Crippen molar-refractivity contribution in [1.29, 1.82) is 0 Å². The van der Waals surface area contributed by atoms with Crippen molar-refractivity contribution >= 4 is 5.69 Å². The van der Waals surface area contributed by atoms with E-state index in [9.17, 15) is 0 Å². The lowest BCUT2D eigenvalue weighted by atomic mass is 10.1. The van der Waals surface area contributed by atoms with E-state index >= 15 is 0 Å². The summed E-state index contributed by atoms with van der Waals surface area (Å²) < 4.78 is 13.3. The fourth-order valence-electron chi connectivity index (χ4n) is 3.27. The number of nitrogens with zero attached hydrogens (tertiary/aromatic N) is 3. The van der Waals surface area contributed by atoms with Crippen LogP contribution in [-0.2, 0) is 13.1 Å². The quantitative estimate of drug-likeness (QED) is 0.733. The summed E-state index contributed by atoms with van der Waals surface area (Å²) in [5, 5.41) is 4.28. The summed E-state index contributed by atoms with van der Waals surface area (Å²) in [7, 11) is 1.70. The van der Waals surface area contributed by atoms with E-state index in [-0.39, 0.29) is 0 Å². The topological polar surface area (TPSA) is 65.5 Å². The molecule has 26 heavy (non-hydrogen) atoms. The zero-order chi connectivity index (χ0) is 17.9. The fourth-order valence-corrected chi connectivity index (χ4v) is 3.27. The van der Waals surface area contributed by atoms with Crippen LogP contribution < -0.4 is 15.2 Å². The van der Waals surface area contributed by atoms with Gasteiger partial charge in [-0.3, -0.25) is 4.90 Å². The van der Waals surface area contributed by atoms with Crippen LogP contribution in [-0.4, -0.2) is 34.9 Å². The highest BCUT2D eigenvalue weighted by Gasteiger charge is 2.17. The van der Waals surface area contributed by atoms with Gasteiger partial charge in [-0.05, 0) is 30.3 Å². The molecule has 1 aromatic heterocycles. The van der Waals surface area contributed by atoms with Crippen LogP contribution in [0, 0.1) is 0 Å². The van der Waals surface area contributed by atoms with Gasteiger partial charge in [-0.2, -0.15) is 5.10 Å². The van der Waals surface area contributed by atoms with Gasteiger partial charge in [0.2, 0.25) is 0 Å². The number of methoxy groups -OCH3 is 1. The molecule has 0 fully saturated rings. The van der Waals surface area contributed by atoms with Crippen LogP contribution in [0.15, 0.2) is 54.9 Å². The number of ether oxygens (including phenoxy) is 2. The first-order valence-corrected chi connectivity index (χ1v) is 8.63. The molecule has 3 aromatic rings. The van der Waals surface area contributed by atoms with Gasteiger partial charge in [0.15, 0.2) is 0 Å². The van der Waals surface area contributed by atoms with E-state index in [0.29, 0.717) is 6.61 Å². The highest BCUT2D eigenvalue weighted by atomic mass is 16.5. The Morgan fingerprint density at radius 1 is 1.23 bits per heavy atom. The minimum atomic E-state index is 0.657. The van der Waals surface area contributed by atoms with E-state index in [1.807, 2.05) is 41.2 Å². The molecule has 0 saturated carbocycles. The van der Waals surface area contributed by atoms with Gasteiger partial charge in [-0.1, -0.05) is 6.07 Å². The smallest absolute Gasteiger partial charge is 0.125 e. The fraction of sp³-hybridized carbons (Fsp3) is 0.250. The van der Waals surface area contributed by atoms with Gasteiger partial charge in [-0.25, -0.2) is 4.68 Å². The van der Waals surface area contributed by atoms with Crippen molar-refractivity contribution in [2.24, 2.45) is 0 Å². The second-order valence-electron chi connectivity index (χ2n) is 6.37. The van der Waals surface area contributed by atoms with Crippen LogP contribution in [0.3, 0.4) is 0 Å². The van der Waals surface area contributed by atoms with Crippen molar-refractivity contribution in [1.82, 2.24) is 14.7 Å². The molecule has 0 spiro atoms. The lowest BCUT2D eigenvalue weighted by Crippen LogP contribution is -2.25. The zero-order valence-corrected chi connectivity index (χ0v) is 14.8. The SMILES string of the molecule is COc1cc(-n2cccn2)ccc1CN1CCOc2ccc(N)cc2C1. The lowest BCUT2D eigenvalue weighted by Gasteiger charge is -2.21. The van der Waals surface area contributed by atoms with Crippen LogP contribution >= 0.6 is 0 Å². The van der Waals surface area contributed by atoms with Crippen molar-refractivity contribution in [3.8, 4) is 17.2 Å². The molecule has 1 aliphatic rings. The molecule has 2 N–H and O–H groups in total. The second-order valence-corrected chi connectivity index (χ2v) is 6.37. The molecule has 0 saturated heterocycles. The summed E-state index contributed by atoms with van der Waals surface area (Å²) in [4.78, 5) is 2.34. The minimum Gasteiger partial charge on any atom is -0.496 e. The summed E-state index contributed by atoms with van der Waals surface area (Å²) in [6, 6.07) is 13.9. The van der Waals surface area contributed by atoms with Crippen LogP contribution in [0.1, 0.15) is 11.1 Å². The third-order valence-electron chi connectivity index (χ3n) is 4.58. The van der Waals surface area contributed by atoms with Gasteiger partial charge in [-0.15, -0.1) is 0 Å². The molecule has 134 valence electrons. The van der Waals surface area contributed by atoms with Gasteiger partial charge in [0.25, 0.3) is 0 Å². The number of nitrogen functional groups attached to an aromatic ring is 1. The molecular weight excluding hydrogens is 328 g/mol. The Morgan fingerprint density at radius 2 is 2.15 bits per heavy atom. The first-order chi connectivity index (χ1) is 12.7. The number of anilines is 1. The van der Waals surface area contributed by atoms with Crippen LogP contribution in [0.25, 0.3) is 5.69 Å². The molecule has 6 nitrogen and oxygen atoms in total. The number of aromatic nitrogens is 2. The molecule has 6 heteroatoms. The van der Waals surface area contributed by atoms with E-state index < -0.39 is 0 Å². The maximum atomic E-state index is 5.94. The van der Waals surface area contributed by atoms with Gasteiger partial charge in [0.05, 0.1) is 12.8 Å². The Kier molecular flexibility index (Phi) is 4.50. The van der Waals surface area contributed by atoms with E-state index in [1.54, 1.807) is 13.3 Å². The van der Waals surface area contributed by atoms with Crippen molar-refractivity contribution < 1.29 is 9.47 Å². The largest absolute Gasteiger partial charge is 0.496 e. The van der Waals surface area contributed by atoms with E-state index in [4.69, 9.17) is 15.2 Å². The van der Waals surface area contributed by atoms with Crippen LogP contribution in [0.2, 0.25) is 0 Å². The first kappa shape index (κ1) is 16.5. The van der Waals surface area contributed by atoms with Crippen molar-refractivity contribution in [2.45, 2.75) is 13.1 Å². The predicted octanol–water partition coefficient (Wildman–Crippen LogP) is 2.86. The van der Waals surface area contributed by atoms with Crippen LogP contribution in [0.4, 0.5) is 5.69 Å². The predicted molar refractivity (Wildman–Crippen MR) is 101 cm³/mol. The number of hydrogen-bond acceptors (Lipinski definition) is 5. The Bertz CT molecular complexity index is 893. The Labute approximate surface area is 152 Å². The van der Waals surface area contributed by atoms with E-state index in [0.717, 1.165) is 53.6 Å². The van der Waals surface area contributed by atoms with Crippen molar-refractivity contribution in [2.75, 3.05) is 26.0 Å². The molecule has 1 aliphatic heterocycles. The second kappa shape index (κ2) is 7.09. The number of benzene rings is 2. The van der Waals surface area contributed by atoms with E-state index in [2.05, 4.69) is 22.1 Å². The minimum absolute atomic E-state index is 0.657. The third kappa shape index (κ3) is 3.36. The molecule has 0 unspecified atom stereocenters. The molecule has 2 aromatic carbocycles. The molecular formula is C20H22N4O2. The molecule has 0 atom stereocenters. The van der Waals surface area contributed by atoms with Gasteiger partial charge >= 0.3 is 0 Å². The van der Waals surface area contributed by atoms with E-state index in [1.165, 1.54) is 0 Å². The van der Waals surface area contributed by atoms with Crippen molar-refractivity contribution in [3.63, 3.8) is 0 Å². The molecule has 0 amide bonds. The van der Waals surface area contributed by atoms with Gasteiger partial charge < -0.3 is 15.2 Å². The summed E-state index contributed by atoms with van der Waals surface area (Å²) in [6.07, 6.45) is 3.68. The number of hydrogen-bond donors (Lipinski definition) is 1. The summed E-state index contributed by atoms with van der Waals surface area (Å²) >= 11 is 0. The van der Waals surface area contributed by atoms with Crippen LogP contribution in [0.5, 0.6) is 11.5 Å². The Morgan fingerprint density at radius 3 is 2.96 bits per heavy atom. The third-order valence-corrected chi connectivity index (χ3v) is 4.58. The van der Waals surface area contributed by atoms with Crippen molar-refractivity contribution in [3.05, 3.63) is 66.0 Å². The normalized spacial score (nSPS) is 14.3. The molecule has 2 heterocycles. The highest BCUT2D eigenvalue weighted by Crippen LogP contribution is 2.28. The maximum absolute atomic E-state index is 5.94. The summed E-state index contributed by atoms with van der Waals surface area (Å²) in [6.45, 7) is 3.08. The Balaban J connectivity index is 1.56. The molecule has 0 bridgehead atoms. The Hall–Kier alpha value is -2.99. The number of nitrogens with two attached hydrogens (primary N) is 1. The molecule has 4 rings (SSSR count). The van der Waals surface area contributed by atoms with Gasteiger partial charge in [0.1, 0.15) is 18.1 Å². The maximum Gasteiger partial charge on any atom is 0.125 e. The molecule has 0 radical (unpaired) electrons. The highest BCUT2D eigenvalue weighted by molar-refractivity contribution is 5.48. The lowest BCUT2D eigenvalue weighted by molar-refractivity contribution is 0.217. The number of rotatable bonds is 4. The average Bonchev–Trinajstić information content (AvgIpc) is 3.11. The average molecular weight is 350 g/mol. The standard InChI is InChI=1S/C20H22N4O2/c1-25-20-12-18(24-8-2-7-22-24)5-3-15(20)13-23-9-10-26-19-6-4-17(21)11-16(19)14-23/h2-8,11-12H,9-10,13-14,21H2,1H3. The molecule has 0 aliphatic carbocycles. The monoisotopic (exact) mass is 350 g/mol. The van der Waals surface area contributed by atoms with Gasteiger partial charge in [0, 0.05) is 54.9 Å². The number of fused-ring (bicyclic) bond motifs is 1. The zero-order valence-electron chi connectivity index (χ0n) is 14.8. The first-order valence-electron chi connectivity index (χ1n) is 8.63. The summed E-state index contributed by atoms with van der Waals surface area (Å²) in [5.74, 6) is 1.78.